The van der Waals surface area contributed by atoms with Gasteiger partial charge < -0.3 is 15.3 Å². The number of carboxylic acids is 1. The molecule has 1 atom stereocenters. The van der Waals surface area contributed by atoms with Gasteiger partial charge in [-0.25, -0.2) is 4.79 Å². The molecule has 2 N–H and O–H groups in total. The largest absolute Gasteiger partial charge is 0.480 e. The van der Waals surface area contributed by atoms with Crippen LogP contribution in [0.4, 0.5) is 0 Å². The summed E-state index contributed by atoms with van der Waals surface area (Å²) in [6.07, 6.45) is 3.43. The lowest BCUT2D eigenvalue weighted by Crippen LogP contribution is -2.56. The van der Waals surface area contributed by atoms with Crippen LogP contribution in [0.15, 0.2) is 48.8 Å². The van der Waals surface area contributed by atoms with Crippen molar-refractivity contribution in [2.24, 2.45) is 0 Å². The van der Waals surface area contributed by atoms with E-state index >= 15 is 0 Å². The monoisotopic (exact) mass is 347 g/mol. The zero-order valence-electron chi connectivity index (χ0n) is 12.9. The Morgan fingerprint density at radius 2 is 1.71 bits per heavy atom. The van der Waals surface area contributed by atoms with E-state index in [2.05, 4.69) is 10.3 Å². The fourth-order valence-corrected chi connectivity index (χ4v) is 2.68. The summed E-state index contributed by atoms with van der Waals surface area (Å²) in [5.41, 5.74) is 2.50. The lowest BCUT2D eigenvalue weighted by molar-refractivity contribution is -0.142. The van der Waals surface area contributed by atoms with Crippen LogP contribution in [0.2, 0.25) is 0 Å². The molecule has 1 fully saturated rings. The minimum Gasteiger partial charge on any atom is -0.480 e. The Labute approximate surface area is 145 Å². The Hall–Kier alpha value is -2.44. The van der Waals surface area contributed by atoms with Crippen LogP contribution in [-0.2, 0) is 4.79 Å². The first-order valence-corrected chi connectivity index (χ1v) is 7.42. The molecule has 0 saturated carbocycles. The van der Waals surface area contributed by atoms with Gasteiger partial charge in [0, 0.05) is 37.6 Å². The van der Waals surface area contributed by atoms with Crippen LogP contribution in [0.1, 0.15) is 10.4 Å². The molecule has 3 rings (SSSR count). The number of halogens is 1. The highest BCUT2D eigenvalue weighted by molar-refractivity contribution is 5.97. The maximum atomic E-state index is 12.6. The van der Waals surface area contributed by atoms with E-state index in [1.165, 1.54) is 4.90 Å². The Kier molecular flexibility index (Phi) is 5.89. The zero-order chi connectivity index (χ0) is 16.2. The van der Waals surface area contributed by atoms with E-state index in [-0.39, 0.29) is 24.9 Å². The van der Waals surface area contributed by atoms with E-state index in [4.69, 9.17) is 0 Å². The number of rotatable bonds is 3. The summed E-state index contributed by atoms with van der Waals surface area (Å²) in [6, 6.07) is 10.2. The van der Waals surface area contributed by atoms with E-state index in [9.17, 15) is 14.7 Å². The van der Waals surface area contributed by atoms with Crippen molar-refractivity contribution in [1.82, 2.24) is 15.2 Å². The molecule has 2 aromatic rings. The summed E-state index contributed by atoms with van der Waals surface area (Å²) in [7, 11) is 0. The second kappa shape index (κ2) is 7.90. The number of benzene rings is 1. The molecule has 6 nitrogen and oxygen atoms in total. The van der Waals surface area contributed by atoms with Crippen molar-refractivity contribution in [1.29, 1.82) is 0 Å². The number of carbonyl (C=O) groups excluding carboxylic acids is 1. The molecule has 1 aliphatic rings. The highest BCUT2D eigenvalue weighted by Crippen LogP contribution is 2.20. The molecule has 1 aliphatic heterocycles. The van der Waals surface area contributed by atoms with E-state index in [0.717, 1.165) is 11.1 Å². The van der Waals surface area contributed by atoms with Crippen LogP contribution in [0.3, 0.4) is 0 Å². The van der Waals surface area contributed by atoms with Gasteiger partial charge in [0.05, 0.1) is 0 Å². The molecule has 1 unspecified atom stereocenters. The van der Waals surface area contributed by atoms with Gasteiger partial charge in [-0.2, -0.15) is 0 Å². The fraction of sp³-hybridized carbons (Fsp3) is 0.235. The summed E-state index contributed by atoms with van der Waals surface area (Å²) in [5.74, 6) is -1.24. The van der Waals surface area contributed by atoms with Crippen molar-refractivity contribution >= 4 is 24.3 Å². The van der Waals surface area contributed by atoms with Crippen molar-refractivity contribution in [3.63, 3.8) is 0 Å². The third-order valence-corrected chi connectivity index (χ3v) is 3.93. The maximum absolute atomic E-state index is 12.6. The van der Waals surface area contributed by atoms with Crippen LogP contribution < -0.4 is 5.32 Å². The Balaban J connectivity index is 0.00000208. The van der Waals surface area contributed by atoms with E-state index in [1.807, 2.05) is 24.3 Å². The molecule has 7 heteroatoms. The number of carbonyl (C=O) groups is 2. The first-order valence-electron chi connectivity index (χ1n) is 7.42. The number of hydrogen-bond acceptors (Lipinski definition) is 4. The van der Waals surface area contributed by atoms with Crippen LogP contribution in [0, 0.1) is 0 Å². The number of nitrogens with one attached hydrogen (secondary N) is 1. The molecule has 0 aliphatic carbocycles. The molecule has 2 heterocycles. The third-order valence-electron chi connectivity index (χ3n) is 3.93. The molecule has 0 bridgehead atoms. The highest BCUT2D eigenvalue weighted by Gasteiger charge is 2.32. The molecular formula is C17H18ClN3O3. The molecule has 0 spiro atoms. The second-order valence-corrected chi connectivity index (χ2v) is 5.37. The Bertz CT molecular complexity index is 707. The normalized spacial score (nSPS) is 17.0. The number of amides is 1. The smallest absolute Gasteiger partial charge is 0.327 e. The summed E-state index contributed by atoms with van der Waals surface area (Å²) < 4.78 is 0. The summed E-state index contributed by atoms with van der Waals surface area (Å²) in [5, 5.41) is 12.3. The van der Waals surface area contributed by atoms with E-state index < -0.39 is 12.0 Å². The molecule has 1 aromatic carbocycles. The quantitative estimate of drug-likeness (QED) is 0.882. The third kappa shape index (κ3) is 3.72. The lowest BCUT2D eigenvalue weighted by atomic mass is 10.0. The summed E-state index contributed by atoms with van der Waals surface area (Å²) >= 11 is 0. The van der Waals surface area contributed by atoms with Crippen molar-refractivity contribution in [3.05, 3.63) is 54.4 Å². The number of aromatic nitrogens is 1. The lowest BCUT2D eigenvalue weighted by Gasteiger charge is -2.33. The van der Waals surface area contributed by atoms with Crippen molar-refractivity contribution in [2.75, 3.05) is 19.6 Å². The molecule has 24 heavy (non-hydrogen) atoms. The van der Waals surface area contributed by atoms with E-state index in [1.54, 1.807) is 24.5 Å². The topological polar surface area (TPSA) is 82.5 Å². The van der Waals surface area contributed by atoms with Crippen LogP contribution in [0.5, 0.6) is 0 Å². The van der Waals surface area contributed by atoms with E-state index in [0.29, 0.717) is 18.7 Å². The number of carboxylic acid groups (broad SMARTS) is 1. The van der Waals surface area contributed by atoms with Crippen molar-refractivity contribution in [2.45, 2.75) is 6.04 Å². The number of pyridine rings is 1. The maximum Gasteiger partial charge on any atom is 0.327 e. The van der Waals surface area contributed by atoms with Gasteiger partial charge in [-0.15, -0.1) is 12.4 Å². The van der Waals surface area contributed by atoms with Gasteiger partial charge in [0.2, 0.25) is 0 Å². The van der Waals surface area contributed by atoms with Crippen LogP contribution in [-0.4, -0.2) is 52.5 Å². The number of nitrogens with zero attached hydrogens (tertiary/aromatic N) is 2. The standard InChI is InChI=1S/C17H17N3O3.ClH/c21-16(20-10-9-19-11-15(20)17(22)23)14-3-1-12(2-4-14)13-5-7-18-8-6-13;/h1-8,15,19H,9-11H2,(H,22,23);1H. The molecule has 1 amide bonds. The Morgan fingerprint density at radius 1 is 1.08 bits per heavy atom. The van der Waals surface area contributed by atoms with Crippen molar-refractivity contribution in [3.8, 4) is 11.1 Å². The van der Waals surface area contributed by atoms with Gasteiger partial charge in [0.1, 0.15) is 6.04 Å². The highest BCUT2D eigenvalue weighted by atomic mass is 35.5. The number of piperazine rings is 1. The van der Waals surface area contributed by atoms with Gasteiger partial charge in [0.15, 0.2) is 0 Å². The summed E-state index contributed by atoms with van der Waals surface area (Å²) in [6.45, 7) is 1.27. The molecule has 1 saturated heterocycles. The molecule has 0 radical (unpaired) electrons. The number of aliphatic carboxylic acids is 1. The zero-order valence-corrected chi connectivity index (χ0v) is 13.7. The van der Waals surface area contributed by atoms with Gasteiger partial charge in [0.25, 0.3) is 5.91 Å². The van der Waals surface area contributed by atoms with Crippen LogP contribution >= 0.6 is 12.4 Å². The Morgan fingerprint density at radius 3 is 2.33 bits per heavy atom. The minimum absolute atomic E-state index is 0. The van der Waals surface area contributed by atoms with Gasteiger partial charge in [-0.05, 0) is 35.4 Å². The predicted octanol–water partition coefficient (Wildman–Crippen LogP) is 1.67. The van der Waals surface area contributed by atoms with Crippen LogP contribution in [0.25, 0.3) is 11.1 Å². The molecular weight excluding hydrogens is 330 g/mol. The average molecular weight is 348 g/mol. The first kappa shape index (κ1) is 17.9. The predicted molar refractivity (Wildman–Crippen MR) is 92.3 cm³/mol. The summed E-state index contributed by atoms with van der Waals surface area (Å²) in [4.78, 5) is 29.3. The van der Waals surface area contributed by atoms with Gasteiger partial charge in [-0.1, -0.05) is 12.1 Å². The van der Waals surface area contributed by atoms with Crippen molar-refractivity contribution < 1.29 is 14.7 Å². The SMILES string of the molecule is Cl.O=C(O)C1CNCCN1C(=O)c1ccc(-c2ccncc2)cc1. The fourth-order valence-electron chi connectivity index (χ4n) is 2.68. The molecule has 1 aromatic heterocycles. The second-order valence-electron chi connectivity index (χ2n) is 5.37. The van der Waals surface area contributed by atoms with Gasteiger partial charge in [-0.3, -0.25) is 9.78 Å². The number of hydrogen-bond donors (Lipinski definition) is 2. The van der Waals surface area contributed by atoms with Gasteiger partial charge >= 0.3 is 5.97 Å². The first-order chi connectivity index (χ1) is 11.2. The average Bonchev–Trinajstić information content (AvgIpc) is 2.62. The molecule has 126 valence electrons. The minimum atomic E-state index is -0.987.